The van der Waals surface area contributed by atoms with Gasteiger partial charge in [0.25, 0.3) is 5.91 Å². The summed E-state index contributed by atoms with van der Waals surface area (Å²) in [6, 6.07) is 0.513. The van der Waals surface area contributed by atoms with Crippen LogP contribution in [0.2, 0.25) is 0 Å². The molecule has 2 fully saturated rings. The molecule has 0 radical (unpaired) electrons. The SMILES string of the molecule is Cc1nocc1C(=O)NC(C(=O)Nc1cnc(N2CCOCC2)c(F)c1)C1CCCCCCC1. The number of carbonyl (C=O) groups excluding carboxylic acids is 2. The molecule has 0 bridgehead atoms. The fourth-order valence-corrected chi connectivity index (χ4v) is 4.67. The quantitative estimate of drug-likeness (QED) is 0.661. The van der Waals surface area contributed by atoms with Crippen LogP contribution in [0.3, 0.4) is 0 Å². The lowest BCUT2D eigenvalue weighted by Crippen LogP contribution is -2.48. The minimum absolute atomic E-state index is 0.0187. The number of halogens is 1. The summed E-state index contributed by atoms with van der Waals surface area (Å²) in [6.07, 6.45) is 9.82. The van der Waals surface area contributed by atoms with Gasteiger partial charge in [0.15, 0.2) is 11.6 Å². The van der Waals surface area contributed by atoms with E-state index in [1.165, 1.54) is 24.9 Å². The van der Waals surface area contributed by atoms with Gasteiger partial charge in [0.05, 0.1) is 30.8 Å². The summed E-state index contributed by atoms with van der Waals surface area (Å²) in [7, 11) is 0. The maximum absolute atomic E-state index is 14.8. The fraction of sp³-hybridized carbons (Fsp3) is 0.583. The van der Waals surface area contributed by atoms with Gasteiger partial charge in [-0.1, -0.05) is 37.3 Å². The van der Waals surface area contributed by atoms with E-state index in [9.17, 15) is 14.0 Å². The van der Waals surface area contributed by atoms with Gasteiger partial charge in [-0.15, -0.1) is 0 Å². The number of amides is 2. The van der Waals surface area contributed by atoms with Crippen molar-refractivity contribution in [3.8, 4) is 0 Å². The van der Waals surface area contributed by atoms with Gasteiger partial charge in [-0.3, -0.25) is 9.59 Å². The molecule has 2 aromatic rings. The van der Waals surface area contributed by atoms with Crippen molar-refractivity contribution in [1.82, 2.24) is 15.5 Å². The number of aryl methyl sites for hydroxylation is 1. The Balaban J connectivity index is 1.50. The van der Waals surface area contributed by atoms with Crippen molar-refractivity contribution in [3.05, 3.63) is 35.6 Å². The summed E-state index contributed by atoms with van der Waals surface area (Å²) < 4.78 is 25.0. The normalized spacial score (nSPS) is 18.6. The van der Waals surface area contributed by atoms with Crippen molar-refractivity contribution in [2.45, 2.75) is 57.9 Å². The summed E-state index contributed by atoms with van der Waals surface area (Å²) in [5, 5.41) is 9.42. The number of hydrogen-bond donors (Lipinski definition) is 2. The van der Waals surface area contributed by atoms with E-state index in [2.05, 4.69) is 20.8 Å². The highest BCUT2D eigenvalue weighted by Gasteiger charge is 2.31. The molecule has 1 aliphatic carbocycles. The van der Waals surface area contributed by atoms with E-state index in [0.717, 1.165) is 38.5 Å². The number of hydrogen-bond acceptors (Lipinski definition) is 7. The molecular weight excluding hydrogens is 441 g/mol. The van der Waals surface area contributed by atoms with Crippen molar-refractivity contribution >= 4 is 23.3 Å². The lowest BCUT2D eigenvalue weighted by Gasteiger charge is -2.29. The third kappa shape index (κ3) is 5.91. The lowest BCUT2D eigenvalue weighted by atomic mass is 9.85. The molecule has 2 aromatic heterocycles. The van der Waals surface area contributed by atoms with E-state index in [1.807, 2.05) is 4.90 Å². The minimum atomic E-state index is -0.762. The Labute approximate surface area is 198 Å². The average molecular weight is 474 g/mol. The van der Waals surface area contributed by atoms with Gasteiger partial charge in [-0.2, -0.15) is 0 Å². The number of anilines is 2. The highest BCUT2D eigenvalue weighted by Crippen LogP contribution is 2.27. The molecule has 184 valence electrons. The van der Waals surface area contributed by atoms with E-state index in [-0.39, 0.29) is 23.3 Å². The summed E-state index contributed by atoms with van der Waals surface area (Å²) in [6.45, 7) is 3.84. The van der Waals surface area contributed by atoms with Crippen LogP contribution in [0.5, 0.6) is 0 Å². The van der Waals surface area contributed by atoms with Crippen LogP contribution in [0, 0.1) is 18.7 Å². The van der Waals surface area contributed by atoms with Crippen LogP contribution in [0.25, 0.3) is 0 Å². The van der Waals surface area contributed by atoms with Gasteiger partial charge >= 0.3 is 0 Å². The molecule has 1 aliphatic heterocycles. The van der Waals surface area contributed by atoms with Crippen molar-refractivity contribution in [3.63, 3.8) is 0 Å². The zero-order valence-corrected chi connectivity index (χ0v) is 19.5. The van der Waals surface area contributed by atoms with Crippen molar-refractivity contribution < 1.29 is 23.2 Å². The molecule has 1 unspecified atom stereocenters. The Morgan fingerprint density at radius 1 is 1.15 bits per heavy atom. The largest absolute Gasteiger partial charge is 0.378 e. The van der Waals surface area contributed by atoms with Crippen molar-refractivity contribution in [2.24, 2.45) is 5.92 Å². The number of aromatic nitrogens is 2. The Bertz CT molecular complexity index is 983. The minimum Gasteiger partial charge on any atom is -0.378 e. The first-order valence-electron chi connectivity index (χ1n) is 12.0. The summed E-state index contributed by atoms with van der Waals surface area (Å²) >= 11 is 0. The molecule has 0 aromatic carbocycles. The van der Waals surface area contributed by atoms with E-state index in [1.54, 1.807) is 6.92 Å². The van der Waals surface area contributed by atoms with E-state index < -0.39 is 17.8 Å². The maximum Gasteiger partial charge on any atom is 0.257 e. The number of nitrogens with zero attached hydrogens (tertiary/aromatic N) is 3. The predicted molar refractivity (Wildman–Crippen MR) is 124 cm³/mol. The van der Waals surface area contributed by atoms with Crippen LogP contribution >= 0.6 is 0 Å². The van der Waals surface area contributed by atoms with Crippen LogP contribution < -0.4 is 15.5 Å². The summed E-state index contributed by atoms with van der Waals surface area (Å²) in [5.41, 5.74) is 1.01. The number of rotatable bonds is 6. The Morgan fingerprint density at radius 3 is 2.50 bits per heavy atom. The molecular formula is C24H32FN5O4. The van der Waals surface area contributed by atoms with Crippen LogP contribution in [-0.4, -0.2) is 54.3 Å². The second-order valence-corrected chi connectivity index (χ2v) is 8.99. The van der Waals surface area contributed by atoms with Crippen LogP contribution in [-0.2, 0) is 9.53 Å². The van der Waals surface area contributed by atoms with E-state index in [0.29, 0.717) is 37.6 Å². The van der Waals surface area contributed by atoms with Crippen LogP contribution in [0.15, 0.2) is 23.0 Å². The monoisotopic (exact) mass is 473 g/mol. The van der Waals surface area contributed by atoms with Crippen molar-refractivity contribution in [1.29, 1.82) is 0 Å². The van der Waals surface area contributed by atoms with Crippen LogP contribution in [0.4, 0.5) is 15.9 Å². The summed E-state index contributed by atoms with van der Waals surface area (Å²) in [5.74, 6) is -1.07. The van der Waals surface area contributed by atoms with Crippen molar-refractivity contribution in [2.75, 3.05) is 36.5 Å². The molecule has 2 aliphatic rings. The topological polar surface area (TPSA) is 110 Å². The zero-order chi connectivity index (χ0) is 23.9. The van der Waals surface area contributed by atoms with Gasteiger partial charge in [-0.25, -0.2) is 9.37 Å². The molecule has 9 nitrogen and oxygen atoms in total. The molecule has 0 spiro atoms. The Kier molecular flexibility index (Phi) is 8.10. The number of pyridine rings is 1. The van der Waals surface area contributed by atoms with Gasteiger partial charge in [-0.05, 0) is 25.7 Å². The first-order chi connectivity index (χ1) is 16.5. The lowest BCUT2D eigenvalue weighted by molar-refractivity contribution is -0.119. The van der Waals surface area contributed by atoms with E-state index >= 15 is 0 Å². The van der Waals surface area contributed by atoms with E-state index in [4.69, 9.17) is 9.26 Å². The second kappa shape index (κ2) is 11.4. The molecule has 2 amide bonds. The molecule has 4 rings (SSSR count). The molecule has 1 saturated carbocycles. The number of nitrogens with one attached hydrogen (secondary N) is 2. The highest BCUT2D eigenvalue weighted by molar-refractivity contribution is 6.01. The molecule has 1 atom stereocenters. The highest BCUT2D eigenvalue weighted by atomic mass is 19.1. The molecule has 3 heterocycles. The predicted octanol–water partition coefficient (Wildman–Crippen LogP) is 3.45. The molecule has 1 saturated heterocycles. The Morgan fingerprint density at radius 2 is 1.85 bits per heavy atom. The smallest absolute Gasteiger partial charge is 0.257 e. The second-order valence-electron chi connectivity index (χ2n) is 8.99. The third-order valence-corrected chi connectivity index (χ3v) is 6.58. The number of carbonyl (C=O) groups is 2. The van der Waals surface area contributed by atoms with Crippen LogP contribution in [0.1, 0.15) is 61.0 Å². The Hall–Kier alpha value is -3.01. The van der Waals surface area contributed by atoms with Gasteiger partial charge in [0.1, 0.15) is 17.9 Å². The first-order valence-corrected chi connectivity index (χ1v) is 12.0. The van der Waals surface area contributed by atoms with Gasteiger partial charge in [0, 0.05) is 19.2 Å². The number of ether oxygens (including phenoxy) is 1. The molecule has 2 N–H and O–H groups in total. The first kappa shape index (κ1) is 24.1. The zero-order valence-electron chi connectivity index (χ0n) is 19.5. The molecule has 10 heteroatoms. The number of morpholine rings is 1. The van der Waals surface area contributed by atoms with Gasteiger partial charge < -0.3 is 24.8 Å². The summed E-state index contributed by atoms with van der Waals surface area (Å²) in [4.78, 5) is 32.3. The van der Waals surface area contributed by atoms with Gasteiger partial charge in [0.2, 0.25) is 5.91 Å². The molecule has 34 heavy (non-hydrogen) atoms. The third-order valence-electron chi connectivity index (χ3n) is 6.58. The fourth-order valence-electron chi connectivity index (χ4n) is 4.67. The average Bonchev–Trinajstić information content (AvgIpc) is 3.24. The maximum atomic E-state index is 14.8. The standard InChI is InChI=1S/C24H32FN5O4/c1-16-19(15-34-29-16)23(31)28-21(17-7-5-3-2-4-6-8-17)24(32)27-18-13-20(25)22(26-14-18)30-9-11-33-12-10-30/h13-15,17,21H,2-12H2,1H3,(H,27,32)(H,28,31).